The molecule has 2 N–H and O–H groups in total. The van der Waals surface area contributed by atoms with Crippen LogP contribution in [0.1, 0.15) is 82.3 Å². The fraction of sp³-hybridized carbons (Fsp3) is 0.143. The van der Waals surface area contributed by atoms with E-state index in [0.29, 0.717) is 0 Å². The fourth-order valence-electron chi connectivity index (χ4n) is 9.09. The van der Waals surface area contributed by atoms with E-state index in [9.17, 15) is 19.2 Å². The molecule has 0 fully saturated rings. The van der Waals surface area contributed by atoms with Gasteiger partial charge in [0.05, 0.1) is 82.5 Å². The summed E-state index contributed by atoms with van der Waals surface area (Å²) in [6.45, 7) is 6.26. The van der Waals surface area contributed by atoms with Gasteiger partial charge in [0.1, 0.15) is 0 Å². The summed E-state index contributed by atoms with van der Waals surface area (Å²) in [7, 11) is 0. The Morgan fingerprint density at radius 3 is 0.921 bits per heavy atom. The largest absolute Gasteiger partial charge is 0.462 e. The number of hydrogen-bond donors (Lipinski definition) is 2. The second-order valence-corrected chi connectivity index (χ2v) is 19.8. The lowest BCUT2D eigenvalue weighted by Gasteiger charge is -2.12. The van der Waals surface area contributed by atoms with Gasteiger partial charge >= 0.3 is 23.9 Å². The van der Waals surface area contributed by atoms with E-state index in [0.717, 1.165) is 0 Å². The quantitative estimate of drug-likeness (QED) is 0.0889. The topological polar surface area (TPSA) is 163 Å². The molecule has 0 spiro atoms. The number of fused-ring (bicyclic) bond motifs is 8. The van der Waals surface area contributed by atoms with Crippen LogP contribution in [0.3, 0.4) is 0 Å². The maximum absolute atomic E-state index is 14.7. The second-order valence-electron chi connectivity index (χ2n) is 16.5. The molecule has 386 valence electrons. The van der Waals surface area contributed by atoms with Gasteiger partial charge in [0.2, 0.25) is 0 Å². The van der Waals surface area contributed by atoms with E-state index in [2.05, 4.69) is 9.97 Å². The Hall–Kier alpha value is -6.32. The van der Waals surface area contributed by atoms with E-state index < -0.39 is 23.9 Å². The van der Waals surface area contributed by atoms with Crippen LogP contribution < -0.4 is 0 Å². The number of carbonyl (C=O) groups is 4. The number of carbonyl (C=O) groups excluding carboxylic acids is 4. The van der Waals surface area contributed by atoms with Gasteiger partial charge in [-0.15, -0.1) is 0 Å². The third-order valence-electron chi connectivity index (χ3n) is 12.0. The summed E-state index contributed by atoms with van der Waals surface area (Å²) in [6.07, 6.45) is 0. The molecule has 0 radical (unpaired) electrons. The standard InChI is InChI=1S/C56H38Cl8N4O8/c1-5-73-53(69)49-37-21-34-46(42-27(59)15-10-16-28(42)60)51(55(71)75-7-3)39(66-34)23-36-48(44-31(63)19-12-20-32(44)64)52(56(72)76-8-4)40(68-36)24-35-47(43-29(61)17-11-18-30(43)62)50(54(70)74-6-2)38(67-35)22-33(65-37)45(49)41-25(57)13-9-14-26(41)58/h9-24,65,68H,5-8H2,1-4H3. The predicted molar refractivity (Wildman–Crippen MR) is 302 cm³/mol. The van der Waals surface area contributed by atoms with Gasteiger partial charge in [0.15, 0.2) is 0 Å². The highest BCUT2D eigenvalue weighted by molar-refractivity contribution is 6.43. The molecule has 8 bridgehead atoms. The van der Waals surface area contributed by atoms with Crippen molar-refractivity contribution in [3.8, 4) is 22.3 Å². The van der Waals surface area contributed by atoms with E-state index in [1.54, 1.807) is 100 Å². The van der Waals surface area contributed by atoms with Crippen molar-refractivity contribution in [2.24, 2.45) is 0 Å². The number of ether oxygens (including phenoxy) is 4. The van der Waals surface area contributed by atoms with Gasteiger partial charge in [-0.05, 0) is 100 Å². The minimum Gasteiger partial charge on any atom is -0.462 e. The highest BCUT2D eigenvalue weighted by Gasteiger charge is 2.36. The van der Waals surface area contributed by atoms with Gasteiger partial charge in [0.25, 0.3) is 0 Å². The first kappa shape index (κ1) is 54.5. The maximum atomic E-state index is 14.7. The minimum atomic E-state index is -0.846. The number of nitrogens with one attached hydrogen (secondary N) is 2. The van der Waals surface area contributed by atoms with Crippen LogP contribution in [-0.2, 0) is 28.5 Å². The Morgan fingerprint density at radius 1 is 0.368 bits per heavy atom. The Kier molecular flexibility index (Phi) is 16.3. The maximum Gasteiger partial charge on any atom is 0.341 e. The molecule has 2 aliphatic heterocycles. The van der Waals surface area contributed by atoms with E-state index in [1.165, 1.54) is 24.3 Å². The van der Waals surface area contributed by atoms with E-state index in [4.69, 9.17) is 122 Å². The number of rotatable bonds is 12. The number of benzene rings is 4. The van der Waals surface area contributed by atoms with Crippen LogP contribution in [0.4, 0.5) is 0 Å². The van der Waals surface area contributed by atoms with Crippen molar-refractivity contribution in [3.05, 3.63) is 182 Å². The summed E-state index contributed by atoms with van der Waals surface area (Å²) in [6, 6.07) is 25.2. The van der Waals surface area contributed by atoms with Crippen LogP contribution in [0.2, 0.25) is 40.2 Å². The summed E-state index contributed by atoms with van der Waals surface area (Å²) in [4.78, 5) is 75.9. The number of hydrogen-bond acceptors (Lipinski definition) is 10. The second kappa shape index (κ2) is 22.7. The molecule has 0 aliphatic carbocycles. The summed E-state index contributed by atoms with van der Waals surface area (Å²) >= 11 is 56.2. The van der Waals surface area contributed by atoms with E-state index >= 15 is 0 Å². The molecule has 2 aliphatic rings. The van der Waals surface area contributed by atoms with Crippen LogP contribution in [0.25, 0.3) is 66.6 Å². The normalized spacial score (nSPS) is 12.3. The average Bonchev–Trinajstić information content (AvgIpc) is 4.10. The van der Waals surface area contributed by atoms with Crippen LogP contribution in [0, 0.1) is 0 Å². The van der Waals surface area contributed by atoms with Gasteiger partial charge in [-0.25, -0.2) is 29.1 Å². The van der Waals surface area contributed by atoms with Crippen molar-refractivity contribution < 1.29 is 38.1 Å². The van der Waals surface area contributed by atoms with Crippen molar-refractivity contribution in [1.29, 1.82) is 0 Å². The van der Waals surface area contributed by atoms with Gasteiger partial charge in [-0.3, -0.25) is 0 Å². The summed E-state index contributed by atoms with van der Waals surface area (Å²) in [5.41, 5.74) is 1.03. The smallest absolute Gasteiger partial charge is 0.341 e. The van der Waals surface area contributed by atoms with Crippen LogP contribution in [0.5, 0.6) is 0 Å². The minimum absolute atomic E-state index is 0.0319. The Labute approximate surface area is 474 Å². The van der Waals surface area contributed by atoms with E-state index in [-0.39, 0.29) is 178 Å². The molecule has 0 amide bonds. The molecule has 7 aromatic rings. The first-order valence-electron chi connectivity index (χ1n) is 23.3. The SMILES string of the molecule is CCOC(=O)C1=C(c2c(Cl)cccc2Cl)c2cc3[nH]c(cc4nc(cc5[nH]c(cc1n2)c(-c1c(Cl)cccc1Cl)c5C(=O)OCC)C(c1c(Cl)cccc1Cl)=C4C(=O)OCC)c(-c1c(Cl)cccc1Cl)c3C(=O)OCC. The summed E-state index contributed by atoms with van der Waals surface area (Å²) in [5.74, 6) is -3.36. The summed E-state index contributed by atoms with van der Waals surface area (Å²) in [5, 5.41) is 0.994. The average molecular weight is 1180 g/mol. The van der Waals surface area contributed by atoms with Crippen molar-refractivity contribution in [2.45, 2.75) is 27.7 Å². The molecular formula is C56H38Cl8N4O8. The van der Waals surface area contributed by atoms with Gasteiger partial charge in [0, 0.05) is 95.7 Å². The van der Waals surface area contributed by atoms with Gasteiger partial charge in [-0.1, -0.05) is 117 Å². The van der Waals surface area contributed by atoms with Crippen molar-refractivity contribution >= 4 is 161 Å². The third kappa shape index (κ3) is 9.98. The molecular weight excluding hydrogens is 1140 g/mol. The monoisotopic (exact) mass is 1170 g/mol. The van der Waals surface area contributed by atoms with Crippen molar-refractivity contribution in [2.75, 3.05) is 26.4 Å². The third-order valence-corrected chi connectivity index (χ3v) is 14.5. The number of aromatic amines is 2. The van der Waals surface area contributed by atoms with Crippen LogP contribution in [0.15, 0.2) is 97.1 Å². The molecule has 20 heteroatoms. The first-order chi connectivity index (χ1) is 36.5. The molecule has 0 unspecified atom stereocenters. The molecule has 3 aromatic heterocycles. The van der Waals surface area contributed by atoms with Crippen molar-refractivity contribution in [3.63, 3.8) is 0 Å². The molecule has 0 saturated heterocycles. The van der Waals surface area contributed by atoms with Gasteiger partial charge in [-0.2, -0.15) is 0 Å². The fourth-order valence-corrected chi connectivity index (χ4v) is 11.4. The lowest BCUT2D eigenvalue weighted by atomic mass is 9.95. The van der Waals surface area contributed by atoms with Gasteiger partial charge < -0.3 is 28.9 Å². The molecule has 0 atom stereocenters. The molecule has 12 nitrogen and oxygen atoms in total. The number of esters is 4. The van der Waals surface area contributed by atoms with Crippen LogP contribution in [-0.4, -0.2) is 70.2 Å². The molecule has 76 heavy (non-hydrogen) atoms. The number of aromatic nitrogens is 4. The molecule has 0 saturated carbocycles. The number of nitrogens with zero attached hydrogens (tertiary/aromatic N) is 2. The summed E-state index contributed by atoms with van der Waals surface area (Å²) < 4.78 is 23.0. The van der Waals surface area contributed by atoms with Crippen LogP contribution >= 0.6 is 92.8 Å². The molecule has 4 aromatic carbocycles. The molecule has 5 heterocycles. The Balaban J connectivity index is 1.64. The first-order valence-corrected chi connectivity index (χ1v) is 26.3. The highest BCUT2D eigenvalue weighted by atomic mass is 35.5. The Morgan fingerprint density at radius 2 is 0.632 bits per heavy atom. The highest BCUT2D eigenvalue weighted by Crippen LogP contribution is 2.49. The number of halogens is 8. The lowest BCUT2D eigenvalue weighted by Crippen LogP contribution is -2.08. The number of H-pyrrole nitrogens is 2. The van der Waals surface area contributed by atoms with E-state index in [1.807, 2.05) is 0 Å². The Bertz CT molecular complexity index is 3530. The predicted octanol–water partition coefficient (Wildman–Crippen LogP) is 16.3. The zero-order chi connectivity index (χ0) is 54.3. The zero-order valence-corrected chi connectivity index (χ0v) is 46.3. The zero-order valence-electron chi connectivity index (χ0n) is 40.3. The molecule has 9 rings (SSSR count). The van der Waals surface area contributed by atoms with Crippen molar-refractivity contribution in [1.82, 2.24) is 19.9 Å². The lowest BCUT2D eigenvalue weighted by molar-refractivity contribution is -0.136.